The summed E-state index contributed by atoms with van der Waals surface area (Å²) in [4.78, 5) is 17.3. The van der Waals surface area contributed by atoms with E-state index in [9.17, 15) is 18.0 Å². The van der Waals surface area contributed by atoms with Crippen LogP contribution in [0.5, 0.6) is 5.75 Å². The Hall–Kier alpha value is -3.33. The summed E-state index contributed by atoms with van der Waals surface area (Å²) in [5.74, 6) is 0.278. The van der Waals surface area contributed by atoms with E-state index < -0.39 is 17.8 Å². The van der Waals surface area contributed by atoms with Crippen molar-refractivity contribution in [1.29, 1.82) is 0 Å². The SMILES string of the molecule is CCn1nc(C(F)(F)F)c(C)c1CC(=Nc1cccc(Cl)c1)NC(=O)c1ccc(OC)cc1. The third-order valence-electron chi connectivity index (χ3n) is 4.91. The Balaban J connectivity index is 1.99. The van der Waals surface area contributed by atoms with Crippen molar-refractivity contribution in [2.45, 2.75) is 33.0 Å². The molecule has 0 saturated carbocycles. The first kappa shape index (κ1) is 24.3. The van der Waals surface area contributed by atoms with Crippen molar-refractivity contribution >= 4 is 29.0 Å². The van der Waals surface area contributed by atoms with E-state index in [1.54, 1.807) is 55.5 Å². The molecule has 0 fully saturated rings. The van der Waals surface area contributed by atoms with Gasteiger partial charge in [0, 0.05) is 34.8 Å². The molecule has 0 saturated heterocycles. The van der Waals surface area contributed by atoms with E-state index in [2.05, 4.69) is 15.4 Å². The first-order chi connectivity index (χ1) is 15.6. The fraction of sp³-hybridized carbons (Fsp3) is 0.261. The Morgan fingerprint density at radius 1 is 1.21 bits per heavy atom. The molecule has 1 N–H and O–H groups in total. The molecule has 0 aliphatic heterocycles. The highest BCUT2D eigenvalue weighted by atomic mass is 35.5. The highest BCUT2D eigenvalue weighted by Gasteiger charge is 2.37. The zero-order chi connectivity index (χ0) is 24.2. The van der Waals surface area contributed by atoms with E-state index in [0.29, 0.717) is 27.7 Å². The lowest BCUT2D eigenvalue weighted by molar-refractivity contribution is -0.141. The summed E-state index contributed by atoms with van der Waals surface area (Å²) in [5, 5.41) is 6.87. The van der Waals surface area contributed by atoms with Gasteiger partial charge in [-0.1, -0.05) is 17.7 Å². The summed E-state index contributed by atoms with van der Waals surface area (Å²) < 4.78 is 46.6. The van der Waals surface area contributed by atoms with E-state index in [4.69, 9.17) is 16.3 Å². The molecular formula is C23H22ClF3N4O2. The van der Waals surface area contributed by atoms with Crippen LogP contribution in [0.4, 0.5) is 18.9 Å². The molecule has 0 unspecified atom stereocenters. The van der Waals surface area contributed by atoms with Crippen molar-refractivity contribution in [3.05, 3.63) is 76.1 Å². The van der Waals surface area contributed by atoms with Gasteiger partial charge < -0.3 is 10.1 Å². The van der Waals surface area contributed by atoms with E-state index >= 15 is 0 Å². The minimum Gasteiger partial charge on any atom is -0.497 e. The number of benzene rings is 2. The van der Waals surface area contributed by atoms with Crippen LogP contribution in [0.3, 0.4) is 0 Å². The largest absolute Gasteiger partial charge is 0.497 e. The molecule has 1 heterocycles. The van der Waals surface area contributed by atoms with Gasteiger partial charge in [-0.05, 0) is 56.3 Å². The number of ether oxygens (including phenoxy) is 1. The van der Waals surface area contributed by atoms with Gasteiger partial charge in [0.25, 0.3) is 5.91 Å². The molecule has 3 aromatic rings. The number of alkyl halides is 3. The van der Waals surface area contributed by atoms with Gasteiger partial charge in [0.2, 0.25) is 0 Å². The number of carbonyl (C=O) groups is 1. The summed E-state index contributed by atoms with van der Waals surface area (Å²) in [6, 6.07) is 13.0. The number of aryl methyl sites for hydroxylation is 1. The predicted octanol–water partition coefficient (Wildman–Crippen LogP) is 5.59. The van der Waals surface area contributed by atoms with Gasteiger partial charge in [-0.2, -0.15) is 18.3 Å². The molecule has 1 amide bonds. The van der Waals surface area contributed by atoms with Gasteiger partial charge in [-0.15, -0.1) is 0 Å². The number of hydrogen-bond acceptors (Lipinski definition) is 4. The molecule has 1 aromatic heterocycles. The van der Waals surface area contributed by atoms with E-state index in [1.807, 2.05) is 0 Å². The number of amidine groups is 1. The average molecular weight is 479 g/mol. The number of halogens is 4. The molecule has 33 heavy (non-hydrogen) atoms. The highest BCUT2D eigenvalue weighted by molar-refractivity contribution is 6.30. The Labute approximate surface area is 194 Å². The van der Waals surface area contributed by atoms with Gasteiger partial charge in [-0.3, -0.25) is 9.48 Å². The van der Waals surface area contributed by atoms with Crippen LogP contribution in [0, 0.1) is 6.92 Å². The molecule has 2 aromatic carbocycles. The van der Waals surface area contributed by atoms with Crippen molar-refractivity contribution in [2.75, 3.05) is 7.11 Å². The summed E-state index contributed by atoms with van der Waals surface area (Å²) in [6.07, 6.45) is -4.66. The smallest absolute Gasteiger partial charge is 0.435 e. The molecule has 174 valence electrons. The van der Waals surface area contributed by atoms with Crippen molar-refractivity contribution in [2.24, 2.45) is 4.99 Å². The minimum absolute atomic E-state index is 0.0122. The second-order valence-electron chi connectivity index (χ2n) is 7.13. The van der Waals surface area contributed by atoms with E-state index in [-0.39, 0.29) is 24.4 Å². The van der Waals surface area contributed by atoms with Crippen molar-refractivity contribution in [3.8, 4) is 5.75 Å². The maximum atomic E-state index is 13.4. The fourth-order valence-electron chi connectivity index (χ4n) is 3.26. The Morgan fingerprint density at radius 3 is 2.48 bits per heavy atom. The minimum atomic E-state index is -4.59. The molecule has 6 nitrogen and oxygen atoms in total. The van der Waals surface area contributed by atoms with E-state index in [0.717, 1.165) is 0 Å². The molecule has 0 bridgehead atoms. The summed E-state index contributed by atoms with van der Waals surface area (Å²) in [7, 11) is 1.51. The standard InChI is InChI=1S/C23H22ClF3N4O2/c1-4-31-19(14(2)21(30-31)23(25,26)27)13-20(28-17-7-5-6-16(24)12-17)29-22(32)15-8-10-18(33-3)11-9-15/h5-12H,4,13H2,1-3H3,(H,28,29,32). The molecule has 10 heteroatoms. The molecule has 0 spiro atoms. The van der Waals surface area contributed by atoms with Crippen molar-refractivity contribution in [3.63, 3.8) is 0 Å². The predicted molar refractivity (Wildman–Crippen MR) is 120 cm³/mol. The molecular weight excluding hydrogens is 457 g/mol. The first-order valence-corrected chi connectivity index (χ1v) is 10.4. The molecule has 0 aliphatic rings. The van der Waals surface area contributed by atoms with Crippen LogP contribution in [-0.4, -0.2) is 28.6 Å². The van der Waals surface area contributed by atoms with Crippen LogP contribution in [0.25, 0.3) is 0 Å². The lowest BCUT2D eigenvalue weighted by atomic mass is 10.1. The molecule has 0 radical (unpaired) electrons. The topological polar surface area (TPSA) is 68.5 Å². The van der Waals surface area contributed by atoms with Gasteiger partial charge in [0.05, 0.1) is 12.8 Å². The van der Waals surface area contributed by atoms with Crippen LogP contribution >= 0.6 is 11.6 Å². The van der Waals surface area contributed by atoms with Crippen LogP contribution in [0.15, 0.2) is 53.5 Å². The summed E-state index contributed by atoms with van der Waals surface area (Å²) in [6.45, 7) is 3.28. The zero-order valence-electron chi connectivity index (χ0n) is 18.2. The Bertz CT molecular complexity index is 1170. The molecule has 0 aliphatic carbocycles. The summed E-state index contributed by atoms with van der Waals surface area (Å²) >= 11 is 6.04. The first-order valence-electron chi connectivity index (χ1n) is 10.0. The number of aliphatic imine (C=N–C) groups is 1. The number of carbonyl (C=O) groups excluding carboxylic acids is 1. The van der Waals surface area contributed by atoms with Gasteiger partial charge >= 0.3 is 6.18 Å². The average Bonchev–Trinajstić information content (AvgIpc) is 3.09. The highest BCUT2D eigenvalue weighted by Crippen LogP contribution is 2.32. The van der Waals surface area contributed by atoms with Crippen LogP contribution in [0.1, 0.15) is 34.2 Å². The number of amides is 1. The lowest BCUT2D eigenvalue weighted by Gasteiger charge is -2.12. The van der Waals surface area contributed by atoms with E-state index in [1.165, 1.54) is 18.7 Å². The van der Waals surface area contributed by atoms with Crippen LogP contribution in [0.2, 0.25) is 5.02 Å². The second-order valence-corrected chi connectivity index (χ2v) is 7.57. The third-order valence-corrected chi connectivity index (χ3v) is 5.14. The van der Waals surface area contributed by atoms with Crippen LogP contribution in [-0.2, 0) is 19.1 Å². The normalized spacial score (nSPS) is 12.0. The molecule has 0 atom stereocenters. The van der Waals surface area contributed by atoms with Gasteiger partial charge in [0.1, 0.15) is 11.6 Å². The van der Waals surface area contributed by atoms with Gasteiger partial charge in [0.15, 0.2) is 5.69 Å². The number of hydrogen-bond donors (Lipinski definition) is 1. The Kier molecular flexibility index (Phi) is 7.43. The number of nitrogens with one attached hydrogen (secondary N) is 1. The number of methoxy groups -OCH3 is 1. The maximum Gasteiger partial charge on any atom is 0.435 e. The lowest BCUT2D eigenvalue weighted by Crippen LogP contribution is -2.32. The van der Waals surface area contributed by atoms with Gasteiger partial charge in [-0.25, -0.2) is 4.99 Å². The fourth-order valence-corrected chi connectivity index (χ4v) is 3.44. The van der Waals surface area contributed by atoms with Crippen molar-refractivity contribution in [1.82, 2.24) is 15.1 Å². The third kappa shape index (κ3) is 5.92. The number of rotatable bonds is 6. The van der Waals surface area contributed by atoms with Crippen molar-refractivity contribution < 1.29 is 22.7 Å². The maximum absolute atomic E-state index is 13.4. The number of nitrogens with zero attached hydrogens (tertiary/aromatic N) is 3. The quantitative estimate of drug-likeness (QED) is 0.370. The second kappa shape index (κ2) is 10.1. The zero-order valence-corrected chi connectivity index (χ0v) is 19.0. The van der Waals surface area contributed by atoms with Crippen LogP contribution < -0.4 is 10.1 Å². The Morgan fingerprint density at radius 2 is 1.91 bits per heavy atom. The molecule has 3 rings (SSSR count). The summed E-state index contributed by atoms with van der Waals surface area (Å²) in [5.41, 5.74) is 0.125. The monoisotopic (exact) mass is 478 g/mol. The number of aromatic nitrogens is 2.